The van der Waals surface area contributed by atoms with Crippen LogP contribution in [0.5, 0.6) is 11.5 Å². The Kier molecular flexibility index (Phi) is 6.57. The molecule has 0 unspecified atom stereocenters. The predicted molar refractivity (Wildman–Crippen MR) is 104 cm³/mol. The van der Waals surface area contributed by atoms with Crippen molar-refractivity contribution in [1.82, 2.24) is 0 Å². The van der Waals surface area contributed by atoms with Gasteiger partial charge < -0.3 is 14.2 Å². The second-order valence-corrected chi connectivity index (χ2v) is 7.92. The molecule has 0 aromatic heterocycles. The van der Waals surface area contributed by atoms with Crippen LogP contribution in [0.2, 0.25) is 0 Å². The Bertz CT molecular complexity index is 1010. The molecule has 2 aromatic carbocycles. The van der Waals surface area contributed by atoms with E-state index >= 15 is 0 Å². The molecular weight excluding hydrogens is 396 g/mol. The van der Waals surface area contributed by atoms with E-state index in [9.17, 15) is 13.2 Å². The highest BCUT2D eigenvalue weighted by molar-refractivity contribution is 7.92. The van der Waals surface area contributed by atoms with Gasteiger partial charge >= 0.3 is 5.97 Å². The number of nitriles is 1. The van der Waals surface area contributed by atoms with Gasteiger partial charge in [0.15, 0.2) is 11.5 Å². The third kappa shape index (κ3) is 5.39. The Morgan fingerprint density at radius 1 is 1.10 bits per heavy atom. The minimum absolute atomic E-state index is 0.0442. The van der Waals surface area contributed by atoms with Gasteiger partial charge in [-0.2, -0.15) is 5.26 Å². The second-order valence-electron chi connectivity index (χ2n) is 6.24. The number of benzene rings is 2. The van der Waals surface area contributed by atoms with E-state index in [1.165, 1.54) is 36.4 Å². The van der Waals surface area contributed by atoms with Crippen LogP contribution in [0, 0.1) is 11.3 Å². The zero-order chi connectivity index (χ0) is 20.7. The number of carbonyl (C=O) groups excluding carboxylic acids is 1. The Hall–Kier alpha value is -3.25. The van der Waals surface area contributed by atoms with E-state index in [4.69, 9.17) is 19.5 Å². The number of carbonyl (C=O) groups is 1. The molecule has 3 rings (SSSR count). The Labute approximate surface area is 169 Å². The summed E-state index contributed by atoms with van der Waals surface area (Å²) in [4.78, 5) is 12.0. The summed E-state index contributed by atoms with van der Waals surface area (Å²) >= 11 is 0. The number of ether oxygens (including phenoxy) is 3. The summed E-state index contributed by atoms with van der Waals surface area (Å²) in [6.45, 7) is 1.13. The summed E-state index contributed by atoms with van der Waals surface area (Å²) < 4.78 is 43.9. The molecule has 0 atom stereocenters. The maximum Gasteiger partial charge on any atom is 0.338 e. The van der Waals surface area contributed by atoms with Gasteiger partial charge in [-0.1, -0.05) is 0 Å². The molecule has 0 fully saturated rings. The van der Waals surface area contributed by atoms with Crippen molar-refractivity contribution in [3.63, 3.8) is 0 Å². The van der Waals surface area contributed by atoms with Crippen LogP contribution in [0.1, 0.15) is 29.6 Å². The fourth-order valence-corrected chi connectivity index (χ4v) is 3.67. The third-order valence-corrected chi connectivity index (χ3v) is 5.45. The number of unbranched alkanes of at least 4 members (excludes halogenated alkanes) is 1. The lowest BCUT2D eigenvalue weighted by molar-refractivity contribution is 0.0501. The molecule has 1 aliphatic heterocycles. The maximum atomic E-state index is 12.7. The summed E-state index contributed by atoms with van der Waals surface area (Å²) in [6, 6.07) is 12.3. The predicted octanol–water partition coefficient (Wildman–Crippen LogP) is 3.11. The number of sulfonamides is 1. The fraction of sp³-hybridized carbons (Fsp3) is 0.300. The molecule has 0 amide bonds. The van der Waals surface area contributed by atoms with Crippen LogP contribution >= 0.6 is 0 Å². The van der Waals surface area contributed by atoms with Crippen LogP contribution in [-0.4, -0.2) is 34.2 Å². The van der Waals surface area contributed by atoms with Crippen LogP contribution in [-0.2, 0) is 14.8 Å². The van der Waals surface area contributed by atoms with Gasteiger partial charge in [-0.3, -0.25) is 4.72 Å². The minimum Gasteiger partial charge on any atom is -0.490 e. The lowest BCUT2D eigenvalue weighted by Gasteiger charge is -2.12. The molecule has 1 N–H and O–H groups in total. The average molecular weight is 416 g/mol. The number of anilines is 1. The zero-order valence-electron chi connectivity index (χ0n) is 15.6. The Morgan fingerprint density at radius 3 is 2.55 bits per heavy atom. The first-order valence-electron chi connectivity index (χ1n) is 9.06. The standard InChI is InChI=1S/C20H20N2O6S/c21-10-1-2-11-28-20(23)15-4-6-16(7-5-15)22-29(24,25)17-8-9-18-19(14-17)27-13-3-12-26-18/h4-9,14,22H,1-3,11-13H2. The molecule has 2 aromatic rings. The molecule has 0 spiro atoms. The van der Waals surface area contributed by atoms with Crippen LogP contribution in [0.3, 0.4) is 0 Å². The Balaban J connectivity index is 1.67. The van der Waals surface area contributed by atoms with Crippen LogP contribution in [0.25, 0.3) is 0 Å². The molecule has 1 aliphatic rings. The highest BCUT2D eigenvalue weighted by atomic mass is 32.2. The van der Waals surface area contributed by atoms with E-state index < -0.39 is 16.0 Å². The van der Waals surface area contributed by atoms with Gasteiger partial charge in [-0.15, -0.1) is 0 Å². The minimum atomic E-state index is -3.84. The highest BCUT2D eigenvalue weighted by Crippen LogP contribution is 2.32. The number of hydrogen-bond donors (Lipinski definition) is 1. The quantitative estimate of drug-likeness (QED) is 0.545. The second kappa shape index (κ2) is 9.30. The first kappa shape index (κ1) is 20.5. The topological polar surface area (TPSA) is 115 Å². The lowest BCUT2D eigenvalue weighted by atomic mass is 10.2. The van der Waals surface area contributed by atoms with Gasteiger partial charge in [-0.25, -0.2) is 13.2 Å². The molecule has 152 valence electrons. The maximum absolute atomic E-state index is 12.7. The summed E-state index contributed by atoms with van der Waals surface area (Å²) in [6.07, 6.45) is 1.51. The number of esters is 1. The summed E-state index contributed by atoms with van der Waals surface area (Å²) in [5.74, 6) is 0.374. The van der Waals surface area contributed by atoms with Crippen LogP contribution in [0.15, 0.2) is 47.4 Å². The molecule has 8 nitrogen and oxygen atoms in total. The lowest BCUT2D eigenvalue weighted by Crippen LogP contribution is -2.13. The number of hydrogen-bond acceptors (Lipinski definition) is 7. The van der Waals surface area contributed by atoms with Crippen molar-refractivity contribution >= 4 is 21.7 Å². The van der Waals surface area contributed by atoms with Crippen molar-refractivity contribution in [2.24, 2.45) is 0 Å². The largest absolute Gasteiger partial charge is 0.490 e. The van der Waals surface area contributed by atoms with E-state index in [0.717, 1.165) is 6.42 Å². The number of fused-ring (bicyclic) bond motifs is 1. The van der Waals surface area contributed by atoms with Crippen molar-refractivity contribution in [2.75, 3.05) is 24.5 Å². The van der Waals surface area contributed by atoms with E-state index in [2.05, 4.69) is 4.72 Å². The van der Waals surface area contributed by atoms with Crippen molar-refractivity contribution in [3.05, 3.63) is 48.0 Å². The SMILES string of the molecule is N#CCCCOC(=O)c1ccc(NS(=O)(=O)c2ccc3c(c2)OCCCO3)cc1. The molecule has 1 heterocycles. The Morgan fingerprint density at radius 2 is 1.83 bits per heavy atom. The van der Waals surface area contributed by atoms with Crippen molar-refractivity contribution in [1.29, 1.82) is 5.26 Å². The smallest absolute Gasteiger partial charge is 0.338 e. The number of nitrogens with one attached hydrogen (secondary N) is 1. The first-order chi connectivity index (χ1) is 14.0. The molecule has 0 aliphatic carbocycles. The van der Waals surface area contributed by atoms with Gasteiger partial charge in [-0.05, 0) is 42.8 Å². The van der Waals surface area contributed by atoms with Crippen molar-refractivity contribution in [2.45, 2.75) is 24.2 Å². The summed E-state index contributed by atoms with van der Waals surface area (Å²) in [5.41, 5.74) is 0.596. The fourth-order valence-electron chi connectivity index (χ4n) is 2.60. The van der Waals surface area contributed by atoms with Gasteiger partial charge in [0.05, 0.1) is 36.3 Å². The van der Waals surface area contributed by atoms with E-state index in [1.54, 1.807) is 6.07 Å². The third-order valence-electron chi connectivity index (χ3n) is 4.07. The van der Waals surface area contributed by atoms with E-state index in [-0.39, 0.29) is 11.5 Å². The summed E-state index contributed by atoms with van der Waals surface area (Å²) in [7, 11) is -3.84. The molecule has 0 saturated heterocycles. The monoisotopic (exact) mass is 416 g/mol. The van der Waals surface area contributed by atoms with Crippen LogP contribution < -0.4 is 14.2 Å². The molecule has 0 radical (unpaired) electrons. The zero-order valence-corrected chi connectivity index (χ0v) is 16.4. The average Bonchev–Trinajstić information content (AvgIpc) is 2.96. The van der Waals surface area contributed by atoms with Crippen LogP contribution in [0.4, 0.5) is 5.69 Å². The normalized spacial score (nSPS) is 13.1. The highest BCUT2D eigenvalue weighted by Gasteiger charge is 2.19. The first-order valence-corrected chi connectivity index (χ1v) is 10.5. The molecular formula is C20H20N2O6S. The molecule has 0 bridgehead atoms. The molecule has 29 heavy (non-hydrogen) atoms. The van der Waals surface area contributed by atoms with Gasteiger partial charge in [0.25, 0.3) is 10.0 Å². The van der Waals surface area contributed by atoms with Gasteiger partial charge in [0.1, 0.15) is 0 Å². The van der Waals surface area contributed by atoms with Crippen molar-refractivity contribution in [3.8, 4) is 17.6 Å². The van der Waals surface area contributed by atoms with Crippen molar-refractivity contribution < 1.29 is 27.4 Å². The molecule has 9 heteroatoms. The van der Waals surface area contributed by atoms with E-state index in [0.29, 0.717) is 48.8 Å². The van der Waals surface area contributed by atoms with Gasteiger partial charge in [0.2, 0.25) is 0 Å². The summed E-state index contributed by atoms with van der Waals surface area (Å²) in [5, 5.41) is 8.47. The van der Waals surface area contributed by atoms with Gasteiger partial charge in [0, 0.05) is 24.6 Å². The molecule has 0 saturated carbocycles. The van der Waals surface area contributed by atoms with E-state index in [1.807, 2.05) is 6.07 Å². The number of nitrogens with zero attached hydrogens (tertiary/aromatic N) is 1. The number of rotatable bonds is 7.